The zero-order valence-electron chi connectivity index (χ0n) is 12.0. The molecule has 0 spiro atoms. The third kappa shape index (κ3) is 2.73. The summed E-state index contributed by atoms with van der Waals surface area (Å²) in [6.07, 6.45) is 3.96. The molecule has 1 atom stereocenters. The molecule has 0 amide bonds. The number of fused-ring (bicyclic) bond motifs is 1. The van der Waals surface area contributed by atoms with Crippen molar-refractivity contribution in [3.63, 3.8) is 0 Å². The van der Waals surface area contributed by atoms with E-state index in [0.717, 1.165) is 25.3 Å². The Labute approximate surface area is 119 Å². The second-order valence-electron chi connectivity index (χ2n) is 5.36. The Kier molecular flexibility index (Phi) is 3.80. The SMILES string of the molecule is COCC1CN(Cc2ccccn2)Cc2cn(C)nc21. The van der Waals surface area contributed by atoms with E-state index in [1.807, 2.05) is 30.1 Å². The lowest BCUT2D eigenvalue weighted by Gasteiger charge is -2.31. The molecule has 1 unspecified atom stereocenters. The first-order valence-corrected chi connectivity index (χ1v) is 6.90. The fourth-order valence-corrected chi connectivity index (χ4v) is 2.90. The maximum Gasteiger partial charge on any atom is 0.0736 e. The van der Waals surface area contributed by atoms with Crippen LogP contribution in [0.3, 0.4) is 0 Å². The van der Waals surface area contributed by atoms with Crippen LogP contribution < -0.4 is 0 Å². The Morgan fingerprint density at radius 3 is 3.05 bits per heavy atom. The van der Waals surface area contributed by atoms with Crippen LogP contribution in [0.1, 0.15) is 22.9 Å². The zero-order valence-corrected chi connectivity index (χ0v) is 12.0. The molecule has 5 heteroatoms. The minimum Gasteiger partial charge on any atom is -0.384 e. The lowest BCUT2D eigenvalue weighted by Crippen LogP contribution is -2.34. The summed E-state index contributed by atoms with van der Waals surface area (Å²) in [5.41, 5.74) is 3.60. The number of pyridine rings is 1. The summed E-state index contributed by atoms with van der Waals surface area (Å²) in [6, 6.07) is 6.06. The van der Waals surface area contributed by atoms with Crippen molar-refractivity contribution >= 4 is 0 Å². The van der Waals surface area contributed by atoms with E-state index in [4.69, 9.17) is 4.74 Å². The lowest BCUT2D eigenvalue weighted by molar-refractivity contribution is 0.134. The Bertz CT molecular complexity index is 567. The van der Waals surface area contributed by atoms with Crippen LogP contribution >= 0.6 is 0 Å². The summed E-state index contributed by atoms with van der Waals surface area (Å²) in [7, 11) is 3.73. The predicted octanol–water partition coefficient (Wildman–Crippen LogP) is 1.56. The van der Waals surface area contributed by atoms with Gasteiger partial charge in [-0.3, -0.25) is 14.6 Å². The minimum absolute atomic E-state index is 0.341. The molecule has 5 nitrogen and oxygen atoms in total. The largest absolute Gasteiger partial charge is 0.384 e. The molecule has 3 heterocycles. The van der Waals surface area contributed by atoms with Gasteiger partial charge in [-0.2, -0.15) is 5.10 Å². The van der Waals surface area contributed by atoms with Crippen LogP contribution in [0, 0.1) is 0 Å². The van der Waals surface area contributed by atoms with Crippen molar-refractivity contribution in [2.45, 2.75) is 19.0 Å². The van der Waals surface area contributed by atoms with Crippen molar-refractivity contribution < 1.29 is 4.74 Å². The number of ether oxygens (including phenoxy) is 1. The topological polar surface area (TPSA) is 43.2 Å². The number of hydrogen-bond acceptors (Lipinski definition) is 4. The zero-order chi connectivity index (χ0) is 13.9. The predicted molar refractivity (Wildman–Crippen MR) is 76.2 cm³/mol. The highest BCUT2D eigenvalue weighted by molar-refractivity contribution is 5.24. The lowest BCUT2D eigenvalue weighted by atomic mass is 9.97. The quantitative estimate of drug-likeness (QED) is 0.847. The molecule has 0 saturated heterocycles. The normalized spacial score (nSPS) is 19.0. The van der Waals surface area contributed by atoms with Crippen molar-refractivity contribution in [2.24, 2.45) is 7.05 Å². The minimum atomic E-state index is 0.341. The Morgan fingerprint density at radius 1 is 1.40 bits per heavy atom. The van der Waals surface area contributed by atoms with Gasteiger partial charge in [-0.15, -0.1) is 0 Å². The van der Waals surface area contributed by atoms with Gasteiger partial charge >= 0.3 is 0 Å². The molecule has 0 bridgehead atoms. The fourth-order valence-electron chi connectivity index (χ4n) is 2.90. The van der Waals surface area contributed by atoms with Crippen molar-refractivity contribution in [1.82, 2.24) is 19.7 Å². The van der Waals surface area contributed by atoms with Gasteiger partial charge in [0.1, 0.15) is 0 Å². The van der Waals surface area contributed by atoms with Crippen LogP contribution in [0.5, 0.6) is 0 Å². The van der Waals surface area contributed by atoms with Crippen molar-refractivity contribution in [3.8, 4) is 0 Å². The molecule has 106 valence electrons. The first-order valence-electron chi connectivity index (χ1n) is 6.90. The molecular weight excluding hydrogens is 252 g/mol. The number of aryl methyl sites for hydroxylation is 1. The van der Waals surface area contributed by atoms with Gasteiger partial charge in [0.05, 0.1) is 18.0 Å². The monoisotopic (exact) mass is 272 g/mol. The van der Waals surface area contributed by atoms with E-state index in [1.165, 1.54) is 11.3 Å². The van der Waals surface area contributed by atoms with E-state index >= 15 is 0 Å². The number of nitrogens with zero attached hydrogens (tertiary/aromatic N) is 4. The Balaban J connectivity index is 1.79. The molecule has 0 aliphatic carbocycles. The smallest absolute Gasteiger partial charge is 0.0736 e. The molecule has 2 aromatic heterocycles. The third-order valence-electron chi connectivity index (χ3n) is 3.68. The summed E-state index contributed by atoms with van der Waals surface area (Å²) < 4.78 is 7.25. The first-order chi connectivity index (χ1) is 9.76. The van der Waals surface area contributed by atoms with E-state index in [2.05, 4.69) is 27.2 Å². The number of aromatic nitrogens is 3. The van der Waals surface area contributed by atoms with E-state index in [9.17, 15) is 0 Å². The van der Waals surface area contributed by atoms with E-state index in [0.29, 0.717) is 12.5 Å². The molecule has 3 rings (SSSR count). The van der Waals surface area contributed by atoms with E-state index in [1.54, 1.807) is 7.11 Å². The van der Waals surface area contributed by atoms with Gasteiger partial charge < -0.3 is 4.74 Å². The number of hydrogen-bond donors (Lipinski definition) is 0. The highest BCUT2D eigenvalue weighted by Gasteiger charge is 2.28. The van der Waals surface area contributed by atoms with Gasteiger partial charge in [0, 0.05) is 57.7 Å². The Morgan fingerprint density at radius 2 is 2.30 bits per heavy atom. The average molecular weight is 272 g/mol. The first kappa shape index (κ1) is 13.3. The molecular formula is C15H20N4O. The van der Waals surface area contributed by atoms with Crippen LogP contribution in [0.2, 0.25) is 0 Å². The maximum atomic E-state index is 5.35. The summed E-state index contributed by atoms with van der Waals surface area (Å²) in [5.74, 6) is 0.341. The molecule has 1 aliphatic rings. The standard InChI is InChI=1S/C15H20N4O/c1-18-7-12-8-19(10-14-5-3-4-6-16-14)9-13(11-20-2)15(12)17-18/h3-7,13H,8-11H2,1-2H3. The average Bonchev–Trinajstić information content (AvgIpc) is 2.81. The molecule has 0 radical (unpaired) electrons. The van der Waals surface area contributed by atoms with Gasteiger partial charge in [-0.1, -0.05) is 6.07 Å². The summed E-state index contributed by atoms with van der Waals surface area (Å²) in [4.78, 5) is 6.82. The van der Waals surface area contributed by atoms with Crippen LogP contribution in [-0.4, -0.2) is 39.9 Å². The van der Waals surface area contributed by atoms with Crippen molar-refractivity contribution in [1.29, 1.82) is 0 Å². The number of rotatable bonds is 4. The molecule has 0 N–H and O–H groups in total. The molecule has 2 aromatic rings. The van der Waals surface area contributed by atoms with Gasteiger partial charge in [-0.25, -0.2) is 0 Å². The van der Waals surface area contributed by atoms with Crippen molar-refractivity contribution in [3.05, 3.63) is 47.5 Å². The molecule has 0 saturated carbocycles. The van der Waals surface area contributed by atoms with E-state index in [-0.39, 0.29) is 0 Å². The summed E-state index contributed by atoms with van der Waals surface area (Å²) in [5, 5.41) is 4.59. The highest BCUT2D eigenvalue weighted by Crippen LogP contribution is 2.27. The van der Waals surface area contributed by atoms with Gasteiger partial charge in [-0.05, 0) is 12.1 Å². The molecule has 20 heavy (non-hydrogen) atoms. The maximum absolute atomic E-state index is 5.35. The van der Waals surface area contributed by atoms with Crippen LogP contribution in [0.25, 0.3) is 0 Å². The van der Waals surface area contributed by atoms with E-state index < -0.39 is 0 Å². The molecule has 0 aromatic carbocycles. The van der Waals surface area contributed by atoms with Crippen LogP contribution in [-0.2, 0) is 24.9 Å². The molecule has 0 fully saturated rings. The van der Waals surface area contributed by atoms with Crippen LogP contribution in [0.15, 0.2) is 30.6 Å². The second kappa shape index (κ2) is 5.73. The van der Waals surface area contributed by atoms with Crippen LogP contribution in [0.4, 0.5) is 0 Å². The van der Waals surface area contributed by atoms with Gasteiger partial charge in [0.15, 0.2) is 0 Å². The number of methoxy groups -OCH3 is 1. The summed E-state index contributed by atoms with van der Waals surface area (Å²) in [6.45, 7) is 3.48. The van der Waals surface area contributed by atoms with Gasteiger partial charge in [0.2, 0.25) is 0 Å². The van der Waals surface area contributed by atoms with Crippen molar-refractivity contribution in [2.75, 3.05) is 20.3 Å². The van der Waals surface area contributed by atoms with Gasteiger partial charge in [0.25, 0.3) is 0 Å². The molecule has 1 aliphatic heterocycles. The third-order valence-corrected chi connectivity index (χ3v) is 3.68. The second-order valence-corrected chi connectivity index (χ2v) is 5.36. The fraction of sp³-hybridized carbons (Fsp3) is 0.467. The Hall–Kier alpha value is -1.72. The summed E-state index contributed by atoms with van der Waals surface area (Å²) >= 11 is 0. The highest BCUT2D eigenvalue weighted by atomic mass is 16.5.